The fourth-order valence-corrected chi connectivity index (χ4v) is 7.41. The zero-order chi connectivity index (χ0) is 42.3. The van der Waals surface area contributed by atoms with Gasteiger partial charge in [-0.15, -0.1) is 6.42 Å². The van der Waals surface area contributed by atoms with Crippen LogP contribution in [0, 0.1) is 12.3 Å². The molecule has 2 heterocycles. The van der Waals surface area contributed by atoms with Crippen LogP contribution in [0.15, 0.2) is 85.1 Å². The van der Waals surface area contributed by atoms with Gasteiger partial charge in [0.1, 0.15) is 11.5 Å². The highest BCUT2D eigenvalue weighted by Crippen LogP contribution is 2.40. The van der Waals surface area contributed by atoms with E-state index in [1.54, 1.807) is 42.6 Å². The van der Waals surface area contributed by atoms with Gasteiger partial charge in [0.2, 0.25) is 10.0 Å². The second-order valence-electron chi connectivity index (χ2n) is 15.7. The predicted molar refractivity (Wildman–Crippen MR) is 235 cm³/mol. The zero-order valence-corrected chi connectivity index (χ0v) is 35.1. The number of urea groups is 1. The Morgan fingerprint density at radius 2 is 1.61 bits per heavy atom. The van der Waals surface area contributed by atoms with Gasteiger partial charge in [-0.3, -0.25) is 19.4 Å². The molecule has 308 valence electrons. The van der Waals surface area contributed by atoms with Crippen molar-refractivity contribution >= 4 is 49.8 Å². The smallest absolute Gasteiger partial charge is 0.323 e. The number of piperazine rings is 1. The monoisotopic (exact) mass is 817 g/mol. The highest BCUT2D eigenvalue weighted by atomic mass is 32.2. The lowest BCUT2D eigenvalue weighted by molar-refractivity contribution is 0.0940. The maximum absolute atomic E-state index is 13.5. The standard InChI is InChI=1S/C45H51N7O6S/c1-8-30-23-31(25-32(24-30)43(53)47-17-18-52-21-19-51(5)20-22-52)26-34-29-35(15-16-46-34)58-41-14-13-38(36-11-9-10-12-37(36)41)48-44(54)49-39-27-33(45(2,3)4)28-40(42(39)57-6)50-59(7,55)56/h1,9-16,23-25,27-29,50H,17-22,26H2,2-7H3,(H,47,53)(H2,48,49,54). The quantitative estimate of drug-likeness (QED) is 0.0930. The van der Waals surface area contributed by atoms with Crippen LogP contribution < -0.4 is 30.1 Å². The van der Waals surface area contributed by atoms with Gasteiger partial charge in [0.05, 0.1) is 30.4 Å². The third-order valence-corrected chi connectivity index (χ3v) is 10.6. The molecule has 0 unspecified atom stereocenters. The summed E-state index contributed by atoms with van der Waals surface area (Å²) >= 11 is 0. The number of sulfonamides is 1. The molecule has 13 nitrogen and oxygen atoms in total. The van der Waals surface area contributed by atoms with E-state index in [2.05, 4.69) is 48.4 Å². The molecular weight excluding hydrogens is 767 g/mol. The van der Waals surface area contributed by atoms with Crippen LogP contribution in [0.25, 0.3) is 10.8 Å². The van der Waals surface area contributed by atoms with Crippen LogP contribution in [-0.4, -0.2) is 94.8 Å². The Labute approximate surface area is 346 Å². The first-order chi connectivity index (χ1) is 28.1. The molecule has 5 aromatic rings. The summed E-state index contributed by atoms with van der Waals surface area (Å²) in [6.45, 7) is 11.3. The van der Waals surface area contributed by atoms with Gasteiger partial charge < -0.3 is 30.3 Å². The first-order valence-corrected chi connectivity index (χ1v) is 21.2. The van der Waals surface area contributed by atoms with E-state index in [0.29, 0.717) is 47.0 Å². The number of nitrogens with one attached hydrogen (secondary N) is 4. The molecule has 1 aliphatic heterocycles. The maximum atomic E-state index is 13.5. The number of rotatable bonds is 13. The number of nitrogens with zero attached hydrogens (tertiary/aromatic N) is 3. The maximum Gasteiger partial charge on any atom is 0.323 e. The zero-order valence-electron chi connectivity index (χ0n) is 34.3. The Hall–Kier alpha value is -6.14. The van der Waals surface area contributed by atoms with Crippen LogP contribution in [0.2, 0.25) is 0 Å². The summed E-state index contributed by atoms with van der Waals surface area (Å²) in [4.78, 5) is 35.9. The predicted octanol–water partition coefficient (Wildman–Crippen LogP) is 6.90. The summed E-state index contributed by atoms with van der Waals surface area (Å²) in [7, 11) is -0.116. The number of aromatic nitrogens is 1. The van der Waals surface area contributed by atoms with E-state index >= 15 is 0 Å². The second-order valence-corrected chi connectivity index (χ2v) is 17.4. The fraction of sp³-hybridized carbons (Fsp3) is 0.311. The Balaban J connectivity index is 1.16. The minimum absolute atomic E-state index is 0.171. The molecule has 0 bridgehead atoms. The van der Waals surface area contributed by atoms with E-state index in [4.69, 9.17) is 15.9 Å². The molecule has 1 aromatic heterocycles. The van der Waals surface area contributed by atoms with Crippen molar-refractivity contribution in [2.24, 2.45) is 0 Å². The number of anilines is 3. The average Bonchev–Trinajstić information content (AvgIpc) is 3.18. The molecule has 0 radical (unpaired) electrons. The van der Waals surface area contributed by atoms with Crippen LogP contribution in [0.4, 0.5) is 21.9 Å². The topological polar surface area (TPSA) is 154 Å². The van der Waals surface area contributed by atoms with Gasteiger partial charge in [-0.2, -0.15) is 0 Å². The summed E-state index contributed by atoms with van der Waals surface area (Å²) in [5.41, 5.74) is 4.13. The van der Waals surface area contributed by atoms with Crippen molar-refractivity contribution in [1.82, 2.24) is 20.1 Å². The number of terminal acetylenes is 1. The Bertz CT molecular complexity index is 2500. The summed E-state index contributed by atoms with van der Waals surface area (Å²) < 4.78 is 38.9. The van der Waals surface area contributed by atoms with E-state index in [-0.39, 0.29) is 22.8 Å². The molecule has 0 saturated carbocycles. The van der Waals surface area contributed by atoms with Crippen LogP contribution in [0.5, 0.6) is 17.2 Å². The molecule has 4 aromatic carbocycles. The number of fused-ring (bicyclic) bond motifs is 1. The molecule has 0 atom stereocenters. The molecular formula is C45H51N7O6S. The van der Waals surface area contributed by atoms with Crippen molar-refractivity contribution in [1.29, 1.82) is 0 Å². The minimum Gasteiger partial charge on any atom is -0.492 e. The lowest BCUT2D eigenvalue weighted by Gasteiger charge is -2.32. The first kappa shape index (κ1) is 42.5. The number of pyridine rings is 1. The van der Waals surface area contributed by atoms with Crippen molar-refractivity contribution in [3.63, 3.8) is 0 Å². The van der Waals surface area contributed by atoms with E-state index in [0.717, 1.165) is 66.6 Å². The summed E-state index contributed by atoms with van der Waals surface area (Å²) in [5.74, 6) is 3.79. The largest absolute Gasteiger partial charge is 0.492 e. The molecule has 4 N–H and O–H groups in total. The number of benzene rings is 4. The molecule has 1 saturated heterocycles. The van der Waals surface area contributed by atoms with Gasteiger partial charge in [0.15, 0.2) is 5.75 Å². The number of hydrogen-bond acceptors (Lipinski definition) is 9. The number of carbonyl (C=O) groups is 2. The molecule has 0 spiro atoms. The number of ether oxygens (including phenoxy) is 2. The molecule has 1 fully saturated rings. The molecule has 3 amide bonds. The van der Waals surface area contributed by atoms with E-state index in [9.17, 15) is 18.0 Å². The van der Waals surface area contributed by atoms with Crippen molar-refractivity contribution in [3.8, 4) is 29.6 Å². The second kappa shape index (κ2) is 18.2. The highest BCUT2D eigenvalue weighted by molar-refractivity contribution is 7.92. The van der Waals surface area contributed by atoms with Crippen LogP contribution >= 0.6 is 0 Å². The number of carbonyl (C=O) groups excluding carboxylic acids is 2. The third kappa shape index (κ3) is 11.3. The summed E-state index contributed by atoms with van der Waals surface area (Å²) in [6, 6.07) is 23.0. The van der Waals surface area contributed by atoms with Gasteiger partial charge in [-0.05, 0) is 72.1 Å². The Kier molecular flexibility index (Phi) is 13.1. The van der Waals surface area contributed by atoms with Crippen molar-refractivity contribution in [2.75, 3.05) is 75.0 Å². The number of methoxy groups -OCH3 is 1. The van der Waals surface area contributed by atoms with Crippen LogP contribution in [-0.2, 0) is 21.9 Å². The SMILES string of the molecule is C#Cc1cc(Cc2cc(Oc3ccc(NC(=O)Nc4cc(C(C)(C)C)cc(NS(C)(=O)=O)c4OC)c4ccccc34)ccn2)cc(C(=O)NCCN2CCN(C)CC2)c1. The average molecular weight is 818 g/mol. The number of amides is 3. The minimum atomic E-state index is -3.64. The van der Waals surface area contributed by atoms with E-state index in [1.165, 1.54) is 7.11 Å². The first-order valence-electron chi connectivity index (χ1n) is 19.3. The van der Waals surface area contributed by atoms with Crippen molar-refractivity contribution in [3.05, 3.63) is 113 Å². The van der Waals surface area contributed by atoms with E-state index < -0.39 is 16.1 Å². The lowest BCUT2D eigenvalue weighted by atomic mass is 9.86. The lowest BCUT2D eigenvalue weighted by Crippen LogP contribution is -2.46. The molecule has 1 aliphatic rings. The van der Waals surface area contributed by atoms with Crippen LogP contribution in [0.3, 0.4) is 0 Å². The molecule has 0 aliphatic carbocycles. The van der Waals surface area contributed by atoms with Gasteiger partial charge in [0.25, 0.3) is 5.91 Å². The normalized spacial score (nSPS) is 13.6. The van der Waals surface area contributed by atoms with Crippen molar-refractivity contribution < 1.29 is 27.5 Å². The third-order valence-electron chi connectivity index (χ3n) is 9.97. The van der Waals surface area contributed by atoms with Gasteiger partial charge in [0, 0.05) is 85.5 Å². The van der Waals surface area contributed by atoms with Gasteiger partial charge in [-0.25, -0.2) is 13.2 Å². The van der Waals surface area contributed by atoms with Crippen LogP contribution in [0.1, 0.15) is 53.5 Å². The van der Waals surface area contributed by atoms with E-state index in [1.807, 2.05) is 63.2 Å². The Morgan fingerprint density at radius 3 is 2.31 bits per heavy atom. The number of hydrogen-bond donors (Lipinski definition) is 4. The van der Waals surface area contributed by atoms with Gasteiger partial charge in [-0.1, -0.05) is 51.0 Å². The fourth-order valence-electron chi connectivity index (χ4n) is 6.86. The van der Waals surface area contributed by atoms with Gasteiger partial charge >= 0.3 is 6.03 Å². The Morgan fingerprint density at radius 1 is 0.898 bits per heavy atom. The molecule has 59 heavy (non-hydrogen) atoms. The molecule has 6 rings (SSSR count). The summed E-state index contributed by atoms with van der Waals surface area (Å²) in [6.07, 6.45) is 8.93. The highest BCUT2D eigenvalue weighted by Gasteiger charge is 2.23. The number of likely N-dealkylation sites (N-methyl/N-ethyl adjacent to an activating group) is 1. The van der Waals surface area contributed by atoms with Crippen molar-refractivity contribution in [2.45, 2.75) is 32.6 Å². The summed E-state index contributed by atoms with van der Waals surface area (Å²) in [5, 5.41) is 10.3. The molecule has 14 heteroatoms.